The molecule has 1 heterocycles. The Labute approximate surface area is 204 Å². The molecule has 3 aliphatic rings. The van der Waals surface area contributed by atoms with Gasteiger partial charge in [-0.3, -0.25) is 4.79 Å². The molecule has 2 aliphatic carbocycles. The van der Waals surface area contributed by atoms with Crippen LogP contribution in [0.4, 0.5) is 4.79 Å². The zero-order chi connectivity index (χ0) is 24.6. The van der Waals surface area contributed by atoms with Gasteiger partial charge >= 0.3 is 12.1 Å². The second kappa shape index (κ2) is 9.21. The molecule has 2 aromatic carbocycles. The number of carboxylic acids is 1. The van der Waals surface area contributed by atoms with Gasteiger partial charge in [-0.2, -0.15) is 0 Å². The summed E-state index contributed by atoms with van der Waals surface area (Å²) in [5.41, 5.74) is 3.48. The molecule has 0 aromatic heterocycles. The lowest BCUT2D eigenvalue weighted by atomic mass is 9.88. The Morgan fingerprint density at radius 2 is 1.74 bits per heavy atom. The van der Waals surface area contributed by atoms with Crippen molar-refractivity contribution >= 4 is 18.0 Å². The van der Waals surface area contributed by atoms with Gasteiger partial charge in [-0.05, 0) is 54.9 Å². The second-order valence-electron chi connectivity index (χ2n) is 9.85. The lowest BCUT2D eigenvalue weighted by molar-refractivity contribution is -0.157. The van der Waals surface area contributed by atoms with Crippen LogP contribution in [0.1, 0.15) is 49.7 Å². The van der Waals surface area contributed by atoms with Crippen molar-refractivity contribution in [2.45, 2.75) is 50.1 Å². The van der Waals surface area contributed by atoms with Crippen molar-refractivity contribution in [2.24, 2.45) is 5.92 Å². The molecule has 2 aromatic rings. The summed E-state index contributed by atoms with van der Waals surface area (Å²) in [4.78, 5) is 39.1. The first-order valence-corrected chi connectivity index (χ1v) is 12.2. The molecule has 0 bridgehead atoms. The number of carbonyl (C=O) groups is 3. The lowest BCUT2D eigenvalue weighted by Gasteiger charge is -2.35. The zero-order valence-corrected chi connectivity index (χ0v) is 19.8. The number of ether oxygens (including phenoxy) is 1. The summed E-state index contributed by atoms with van der Waals surface area (Å²) in [5, 5.41) is 12.5. The predicted molar refractivity (Wildman–Crippen MR) is 131 cm³/mol. The number of carbonyl (C=O) groups excluding carboxylic acids is 2. The summed E-state index contributed by atoms with van der Waals surface area (Å²) in [7, 11) is 0. The third-order valence-corrected chi connectivity index (χ3v) is 7.69. The molecule has 0 radical (unpaired) electrons. The van der Waals surface area contributed by atoms with Gasteiger partial charge in [0.25, 0.3) is 0 Å². The average molecular weight is 475 g/mol. The van der Waals surface area contributed by atoms with Gasteiger partial charge in [0.05, 0.1) is 6.04 Å². The van der Waals surface area contributed by atoms with Gasteiger partial charge < -0.3 is 20.1 Å². The molecule has 1 unspecified atom stereocenters. The Balaban J connectivity index is 1.20. The fraction of sp³-hybridized carbons (Fsp3) is 0.393. The zero-order valence-electron chi connectivity index (χ0n) is 19.8. The summed E-state index contributed by atoms with van der Waals surface area (Å²) in [5.74, 6) is -1.51. The third-order valence-electron chi connectivity index (χ3n) is 7.69. The summed E-state index contributed by atoms with van der Waals surface area (Å²) < 4.78 is 5.65. The van der Waals surface area contributed by atoms with E-state index >= 15 is 0 Å². The number of likely N-dealkylation sites (tertiary alicyclic amines) is 1. The number of benzene rings is 2. The number of fused-ring (bicyclic) bond motifs is 3. The molecular weight excluding hydrogens is 444 g/mol. The van der Waals surface area contributed by atoms with Crippen molar-refractivity contribution in [3.63, 3.8) is 0 Å². The van der Waals surface area contributed by atoms with E-state index < -0.39 is 17.6 Å². The van der Waals surface area contributed by atoms with Crippen molar-refractivity contribution < 1.29 is 24.2 Å². The minimum absolute atomic E-state index is 0.0202. The highest BCUT2D eigenvalue weighted by Crippen LogP contribution is 2.44. The number of hydrogen-bond acceptors (Lipinski definition) is 4. The van der Waals surface area contributed by atoms with Crippen molar-refractivity contribution in [3.05, 3.63) is 71.8 Å². The van der Waals surface area contributed by atoms with Crippen LogP contribution in [-0.4, -0.2) is 52.7 Å². The van der Waals surface area contributed by atoms with Crippen molar-refractivity contribution in [1.82, 2.24) is 10.2 Å². The van der Waals surface area contributed by atoms with Crippen LogP contribution in [0.15, 0.2) is 60.7 Å². The molecule has 7 nitrogen and oxygen atoms in total. The lowest BCUT2D eigenvalue weighted by Crippen LogP contribution is -2.53. The van der Waals surface area contributed by atoms with Crippen molar-refractivity contribution in [2.75, 3.05) is 13.2 Å². The number of hydrogen-bond donors (Lipinski definition) is 2. The van der Waals surface area contributed by atoms with E-state index in [2.05, 4.69) is 29.6 Å². The van der Waals surface area contributed by atoms with Crippen LogP contribution >= 0.6 is 0 Å². The number of amides is 2. The average Bonchev–Trinajstić information content (AvgIpc) is 3.41. The summed E-state index contributed by atoms with van der Waals surface area (Å²) >= 11 is 0. The van der Waals surface area contributed by atoms with Crippen LogP contribution in [0.2, 0.25) is 0 Å². The van der Waals surface area contributed by atoms with Gasteiger partial charge in [-0.25, -0.2) is 9.59 Å². The molecule has 2 amide bonds. The van der Waals surface area contributed by atoms with Gasteiger partial charge in [0.2, 0.25) is 5.91 Å². The molecule has 0 saturated carbocycles. The first kappa shape index (κ1) is 23.1. The minimum atomic E-state index is -1.16. The monoisotopic (exact) mass is 474 g/mol. The predicted octanol–water partition coefficient (Wildman–Crippen LogP) is 4.33. The molecule has 1 fully saturated rings. The van der Waals surface area contributed by atoms with Crippen LogP contribution in [0, 0.1) is 5.92 Å². The van der Waals surface area contributed by atoms with Crippen LogP contribution in [0.3, 0.4) is 0 Å². The third kappa shape index (κ3) is 4.20. The van der Waals surface area contributed by atoms with Crippen LogP contribution in [-0.2, 0) is 14.3 Å². The van der Waals surface area contributed by atoms with Crippen molar-refractivity contribution in [1.29, 1.82) is 0 Å². The molecule has 2 N–H and O–H groups in total. The molecule has 182 valence electrons. The number of nitrogens with one attached hydrogen (secondary N) is 1. The van der Waals surface area contributed by atoms with E-state index in [1.54, 1.807) is 6.92 Å². The second-order valence-corrected chi connectivity index (χ2v) is 9.85. The fourth-order valence-electron chi connectivity index (χ4n) is 5.75. The summed E-state index contributed by atoms with van der Waals surface area (Å²) in [6, 6.07) is 16.0. The maximum atomic E-state index is 13.2. The molecule has 3 atom stereocenters. The fourth-order valence-corrected chi connectivity index (χ4v) is 5.75. The number of allylic oxidation sites excluding steroid dienone is 1. The number of rotatable bonds is 5. The van der Waals surface area contributed by atoms with E-state index in [-0.39, 0.29) is 30.4 Å². The molecule has 1 saturated heterocycles. The Morgan fingerprint density at radius 1 is 1.09 bits per heavy atom. The van der Waals surface area contributed by atoms with E-state index in [0.29, 0.717) is 32.2 Å². The van der Waals surface area contributed by atoms with Crippen LogP contribution < -0.4 is 5.32 Å². The number of nitrogens with zero attached hydrogens (tertiary/aromatic N) is 1. The van der Waals surface area contributed by atoms with E-state index in [1.165, 1.54) is 16.0 Å². The van der Waals surface area contributed by atoms with Gasteiger partial charge in [-0.15, -0.1) is 0 Å². The van der Waals surface area contributed by atoms with Crippen molar-refractivity contribution in [3.8, 4) is 11.1 Å². The topological polar surface area (TPSA) is 95.9 Å². The Morgan fingerprint density at radius 3 is 2.40 bits per heavy atom. The van der Waals surface area contributed by atoms with Gasteiger partial charge in [0.15, 0.2) is 0 Å². The molecule has 5 rings (SSSR count). The first-order valence-electron chi connectivity index (χ1n) is 12.2. The van der Waals surface area contributed by atoms with Crippen LogP contribution in [0.5, 0.6) is 0 Å². The summed E-state index contributed by atoms with van der Waals surface area (Å²) in [6.45, 7) is 2.29. The molecular formula is C28H30N2O5. The molecule has 35 heavy (non-hydrogen) atoms. The standard InChI is InChI=1S/C28H30N2O5/c1-28(26(32)33)14-7-15-30(28)25(31)18-8-6-9-19(16-18)29-27(34)35-17-24-22-12-4-2-10-20(22)21-11-3-5-13-23(21)24/h2-6,9-13,18-19,24H,7-8,14-17H2,1H3,(H,29,34)(H,32,33)/t18-,19-,28?/m1/s1. The Bertz CT molecular complexity index is 1150. The molecule has 1 aliphatic heterocycles. The first-order chi connectivity index (χ1) is 16.9. The Kier molecular flexibility index (Phi) is 6.09. The van der Waals surface area contributed by atoms with E-state index in [4.69, 9.17) is 4.74 Å². The quantitative estimate of drug-likeness (QED) is 0.629. The summed E-state index contributed by atoms with van der Waals surface area (Å²) in [6.07, 6.45) is 5.34. The van der Waals surface area contributed by atoms with Gasteiger partial charge in [0, 0.05) is 18.4 Å². The highest BCUT2D eigenvalue weighted by Gasteiger charge is 2.47. The van der Waals surface area contributed by atoms with E-state index in [0.717, 1.165) is 11.1 Å². The van der Waals surface area contributed by atoms with E-state index in [1.807, 2.05) is 36.4 Å². The highest BCUT2D eigenvalue weighted by atomic mass is 16.5. The number of alkyl carbamates (subject to hydrolysis) is 1. The highest BCUT2D eigenvalue weighted by molar-refractivity contribution is 5.89. The smallest absolute Gasteiger partial charge is 0.407 e. The minimum Gasteiger partial charge on any atom is -0.480 e. The van der Waals surface area contributed by atoms with Gasteiger partial charge in [0.1, 0.15) is 12.1 Å². The maximum absolute atomic E-state index is 13.2. The Hall–Kier alpha value is -3.61. The van der Waals surface area contributed by atoms with E-state index in [9.17, 15) is 19.5 Å². The van der Waals surface area contributed by atoms with Crippen LogP contribution in [0.25, 0.3) is 11.1 Å². The maximum Gasteiger partial charge on any atom is 0.407 e. The normalized spacial score (nSPS) is 25.1. The molecule has 0 spiro atoms. The number of carboxylic acid groups (broad SMARTS) is 1. The van der Waals surface area contributed by atoms with Gasteiger partial charge in [-0.1, -0.05) is 60.7 Å². The SMILES string of the molecule is CC1(C(=O)O)CCCN1C(=O)[C@@H]1CC=C[C@@H](NC(=O)OCC2c3ccccc3-c3ccccc32)C1. The number of aliphatic carboxylic acids is 1. The largest absolute Gasteiger partial charge is 0.480 e. The molecule has 7 heteroatoms.